The van der Waals surface area contributed by atoms with Crippen molar-refractivity contribution in [2.75, 3.05) is 18.4 Å². The van der Waals surface area contributed by atoms with E-state index in [4.69, 9.17) is 0 Å². The smallest absolute Gasteiger partial charge is 0.282 e. The maximum atomic E-state index is 12.0. The average molecular weight is 304 g/mol. The number of hydrogen-bond acceptors (Lipinski definition) is 5. The second-order valence-electron chi connectivity index (χ2n) is 4.86. The predicted molar refractivity (Wildman–Crippen MR) is 85.9 cm³/mol. The van der Waals surface area contributed by atoms with E-state index in [1.54, 1.807) is 0 Å². The number of amides is 1. The fourth-order valence-corrected chi connectivity index (χ4v) is 2.52. The molecule has 1 heterocycles. The molecule has 1 unspecified atom stereocenters. The van der Waals surface area contributed by atoms with E-state index in [9.17, 15) is 4.79 Å². The standard InChI is InChI=1S/C15H20N4OS/c1-3-9-16-15-19-18-14(21-15)13(20)17-10-11(2)12-7-5-4-6-8-12/h4-8,11H,3,9-10H2,1-2H3,(H,16,19)(H,17,20). The molecule has 5 nitrogen and oxygen atoms in total. The average Bonchev–Trinajstić information content (AvgIpc) is 3.00. The molecule has 1 amide bonds. The Hall–Kier alpha value is -1.95. The lowest BCUT2D eigenvalue weighted by molar-refractivity contribution is 0.0950. The van der Waals surface area contributed by atoms with Crippen LogP contribution in [0.2, 0.25) is 0 Å². The molecule has 0 bridgehead atoms. The van der Waals surface area contributed by atoms with Crippen LogP contribution in [-0.2, 0) is 0 Å². The van der Waals surface area contributed by atoms with Crippen molar-refractivity contribution >= 4 is 22.4 Å². The molecule has 2 rings (SSSR count). The first kappa shape index (κ1) is 15.4. The first-order chi connectivity index (χ1) is 10.2. The number of aromatic nitrogens is 2. The van der Waals surface area contributed by atoms with Gasteiger partial charge in [0.2, 0.25) is 10.1 Å². The van der Waals surface area contributed by atoms with Crippen molar-refractivity contribution in [3.8, 4) is 0 Å². The van der Waals surface area contributed by atoms with E-state index in [-0.39, 0.29) is 11.8 Å². The summed E-state index contributed by atoms with van der Waals surface area (Å²) in [4.78, 5) is 12.0. The summed E-state index contributed by atoms with van der Waals surface area (Å²) >= 11 is 1.28. The van der Waals surface area contributed by atoms with Gasteiger partial charge in [0.25, 0.3) is 5.91 Å². The molecule has 1 atom stereocenters. The van der Waals surface area contributed by atoms with Gasteiger partial charge in [0.1, 0.15) is 0 Å². The first-order valence-corrected chi connectivity index (χ1v) is 7.93. The second kappa shape index (κ2) is 7.73. The van der Waals surface area contributed by atoms with E-state index in [0.717, 1.165) is 13.0 Å². The molecule has 0 aliphatic heterocycles. The number of rotatable bonds is 7. The van der Waals surface area contributed by atoms with Crippen molar-refractivity contribution in [1.29, 1.82) is 0 Å². The summed E-state index contributed by atoms with van der Waals surface area (Å²) in [5.41, 5.74) is 1.21. The van der Waals surface area contributed by atoms with Crippen molar-refractivity contribution in [2.45, 2.75) is 26.2 Å². The van der Waals surface area contributed by atoms with Gasteiger partial charge in [0, 0.05) is 13.1 Å². The molecule has 1 aromatic carbocycles. The van der Waals surface area contributed by atoms with Crippen molar-refractivity contribution in [3.63, 3.8) is 0 Å². The third-order valence-corrected chi connectivity index (χ3v) is 3.96. The molecule has 0 saturated carbocycles. The quantitative estimate of drug-likeness (QED) is 0.825. The van der Waals surface area contributed by atoms with Gasteiger partial charge in [0.05, 0.1) is 0 Å². The zero-order chi connectivity index (χ0) is 15.1. The topological polar surface area (TPSA) is 66.9 Å². The number of carbonyl (C=O) groups is 1. The Bertz CT molecular complexity index is 570. The summed E-state index contributed by atoms with van der Waals surface area (Å²) in [5.74, 6) is 0.0978. The molecular weight excluding hydrogens is 284 g/mol. The summed E-state index contributed by atoms with van der Waals surface area (Å²) in [6.07, 6.45) is 1.01. The molecule has 0 aliphatic carbocycles. The third kappa shape index (κ3) is 4.53. The zero-order valence-corrected chi connectivity index (χ0v) is 13.1. The molecule has 0 saturated heterocycles. The number of nitrogens with zero attached hydrogens (tertiary/aromatic N) is 2. The Balaban J connectivity index is 1.85. The highest BCUT2D eigenvalue weighted by Crippen LogP contribution is 2.16. The lowest BCUT2D eigenvalue weighted by Crippen LogP contribution is -2.27. The van der Waals surface area contributed by atoms with Gasteiger partial charge in [-0.05, 0) is 17.9 Å². The number of carbonyl (C=O) groups excluding carboxylic acids is 1. The van der Waals surface area contributed by atoms with Crippen LogP contribution < -0.4 is 10.6 Å². The lowest BCUT2D eigenvalue weighted by atomic mass is 10.0. The minimum atomic E-state index is -0.167. The van der Waals surface area contributed by atoms with Crippen molar-refractivity contribution in [1.82, 2.24) is 15.5 Å². The van der Waals surface area contributed by atoms with Gasteiger partial charge in [-0.3, -0.25) is 4.79 Å². The molecular formula is C15H20N4OS. The van der Waals surface area contributed by atoms with Gasteiger partial charge in [-0.2, -0.15) is 0 Å². The summed E-state index contributed by atoms with van der Waals surface area (Å²) in [6.45, 7) is 5.58. The van der Waals surface area contributed by atoms with Crippen molar-refractivity contribution in [3.05, 3.63) is 40.9 Å². The SMILES string of the molecule is CCCNc1nnc(C(=O)NCC(C)c2ccccc2)s1. The van der Waals surface area contributed by atoms with Crippen molar-refractivity contribution in [2.24, 2.45) is 0 Å². The molecule has 0 fully saturated rings. The molecule has 1 aromatic heterocycles. The largest absolute Gasteiger partial charge is 0.360 e. The van der Waals surface area contributed by atoms with E-state index < -0.39 is 0 Å². The molecule has 2 aromatic rings. The highest BCUT2D eigenvalue weighted by Gasteiger charge is 2.14. The zero-order valence-electron chi connectivity index (χ0n) is 12.3. The summed E-state index contributed by atoms with van der Waals surface area (Å²) in [7, 11) is 0. The molecule has 112 valence electrons. The van der Waals surface area contributed by atoms with E-state index in [2.05, 4.69) is 46.8 Å². The van der Waals surface area contributed by atoms with Gasteiger partial charge in [0.15, 0.2) is 0 Å². The Morgan fingerprint density at radius 2 is 2.05 bits per heavy atom. The van der Waals surface area contributed by atoms with Crippen LogP contribution in [0.15, 0.2) is 30.3 Å². The molecule has 0 radical (unpaired) electrons. The van der Waals surface area contributed by atoms with Crippen molar-refractivity contribution < 1.29 is 4.79 Å². The molecule has 2 N–H and O–H groups in total. The third-order valence-electron chi connectivity index (χ3n) is 3.08. The Morgan fingerprint density at radius 3 is 2.76 bits per heavy atom. The van der Waals surface area contributed by atoms with E-state index in [1.165, 1.54) is 16.9 Å². The van der Waals surface area contributed by atoms with Crippen LogP contribution in [0.25, 0.3) is 0 Å². The maximum Gasteiger partial charge on any atom is 0.282 e. The highest BCUT2D eigenvalue weighted by atomic mass is 32.1. The Labute approximate surface area is 128 Å². The van der Waals surface area contributed by atoms with Crippen LogP contribution in [0, 0.1) is 0 Å². The first-order valence-electron chi connectivity index (χ1n) is 7.11. The summed E-state index contributed by atoms with van der Waals surface area (Å²) in [6, 6.07) is 10.1. The molecule has 6 heteroatoms. The van der Waals surface area contributed by atoms with Crippen LogP contribution in [0.1, 0.15) is 41.6 Å². The number of nitrogens with one attached hydrogen (secondary N) is 2. The van der Waals surface area contributed by atoms with E-state index >= 15 is 0 Å². The Kier molecular flexibility index (Phi) is 5.68. The van der Waals surface area contributed by atoms with Gasteiger partial charge in [-0.15, -0.1) is 10.2 Å². The van der Waals surface area contributed by atoms with Crippen LogP contribution in [0.5, 0.6) is 0 Å². The van der Waals surface area contributed by atoms with Gasteiger partial charge in [-0.25, -0.2) is 0 Å². The van der Waals surface area contributed by atoms with Crippen LogP contribution >= 0.6 is 11.3 Å². The summed E-state index contributed by atoms with van der Waals surface area (Å²) < 4.78 is 0. The van der Waals surface area contributed by atoms with E-state index in [0.29, 0.717) is 16.7 Å². The maximum absolute atomic E-state index is 12.0. The normalized spacial score (nSPS) is 11.9. The fourth-order valence-electron chi connectivity index (χ4n) is 1.84. The van der Waals surface area contributed by atoms with Crippen LogP contribution in [-0.4, -0.2) is 29.2 Å². The Morgan fingerprint density at radius 1 is 1.29 bits per heavy atom. The van der Waals surface area contributed by atoms with Crippen LogP contribution in [0.3, 0.4) is 0 Å². The minimum Gasteiger partial charge on any atom is -0.360 e. The highest BCUT2D eigenvalue weighted by molar-refractivity contribution is 7.17. The molecule has 0 aliphatic rings. The number of benzene rings is 1. The van der Waals surface area contributed by atoms with Crippen LogP contribution in [0.4, 0.5) is 5.13 Å². The molecule has 21 heavy (non-hydrogen) atoms. The van der Waals surface area contributed by atoms with Gasteiger partial charge in [-0.1, -0.05) is 55.5 Å². The summed E-state index contributed by atoms with van der Waals surface area (Å²) in [5, 5.41) is 15.0. The second-order valence-corrected chi connectivity index (χ2v) is 5.84. The van der Waals surface area contributed by atoms with Gasteiger partial charge >= 0.3 is 0 Å². The van der Waals surface area contributed by atoms with Gasteiger partial charge < -0.3 is 10.6 Å². The van der Waals surface area contributed by atoms with E-state index in [1.807, 2.05) is 18.2 Å². The minimum absolute atomic E-state index is 0.167. The lowest BCUT2D eigenvalue weighted by Gasteiger charge is -2.11. The monoisotopic (exact) mass is 304 g/mol. The number of anilines is 1. The number of hydrogen-bond donors (Lipinski definition) is 2. The fraction of sp³-hybridized carbons (Fsp3) is 0.400. The molecule has 0 spiro atoms. The predicted octanol–water partition coefficient (Wildman–Crippen LogP) is 2.89.